The molecule has 0 aliphatic carbocycles. The number of esters is 1. The van der Waals surface area contributed by atoms with Crippen LogP contribution in [0, 0.1) is 10.8 Å². The van der Waals surface area contributed by atoms with Crippen LogP contribution in [-0.4, -0.2) is 40.5 Å². The highest BCUT2D eigenvalue weighted by molar-refractivity contribution is 5.93. The topological polar surface area (TPSA) is 124 Å². The summed E-state index contributed by atoms with van der Waals surface area (Å²) in [6.07, 6.45) is 4.59. The maximum Gasteiger partial charge on any atom is 0.314 e. The summed E-state index contributed by atoms with van der Waals surface area (Å²) in [6.45, 7) is 3.58. The Morgan fingerprint density at radius 3 is 2.46 bits per heavy atom. The number of amidine groups is 1. The summed E-state index contributed by atoms with van der Waals surface area (Å²) in [5.41, 5.74) is 6.34. The minimum atomic E-state index is -0.776. The van der Waals surface area contributed by atoms with E-state index in [0.717, 1.165) is 5.56 Å². The van der Waals surface area contributed by atoms with Crippen molar-refractivity contribution in [1.82, 2.24) is 15.0 Å². The third-order valence-corrected chi connectivity index (χ3v) is 3.28. The number of rotatable bonds is 6. The van der Waals surface area contributed by atoms with Crippen LogP contribution in [0.2, 0.25) is 0 Å². The molecule has 3 N–H and O–H groups in total. The van der Waals surface area contributed by atoms with Gasteiger partial charge in [0.1, 0.15) is 18.1 Å². The second-order valence-electron chi connectivity index (χ2n) is 5.75. The van der Waals surface area contributed by atoms with Crippen molar-refractivity contribution in [3.63, 3.8) is 0 Å². The van der Waals surface area contributed by atoms with E-state index in [1.807, 2.05) is 0 Å². The number of hydrogen-bond donors (Lipinski definition) is 2. The number of hydrogen-bond acceptors (Lipinski definition) is 7. The van der Waals surface area contributed by atoms with Crippen molar-refractivity contribution in [3.8, 4) is 17.1 Å². The Kier molecular flexibility index (Phi) is 5.08. The van der Waals surface area contributed by atoms with Crippen molar-refractivity contribution in [2.24, 2.45) is 11.1 Å². The predicted molar refractivity (Wildman–Crippen MR) is 87.6 cm³/mol. The maximum atomic E-state index is 11.6. The fourth-order valence-electron chi connectivity index (χ4n) is 1.83. The first-order valence-electron chi connectivity index (χ1n) is 7.17. The number of nitrogens with zero attached hydrogens (tertiary/aromatic N) is 3. The summed E-state index contributed by atoms with van der Waals surface area (Å²) in [4.78, 5) is 24.1. The van der Waals surface area contributed by atoms with E-state index in [0.29, 0.717) is 17.3 Å². The Morgan fingerprint density at radius 2 is 1.96 bits per heavy atom. The summed E-state index contributed by atoms with van der Waals surface area (Å²) in [5.74, 6) is -0.141. The van der Waals surface area contributed by atoms with Gasteiger partial charge in [-0.15, -0.1) is 0 Å². The van der Waals surface area contributed by atoms with Gasteiger partial charge in [-0.2, -0.15) is 0 Å². The lowest BCUT2D eigenvalue weighted by molar-refractivity contribution is -0.152. The molecule has 8 nitrogen and oxygen atoms in total. The second-order valence-corrected chi connectivity index (χ2v) is 5.75. The van der Waals surface area contributed by atoms with Gasteiger partial charge in [0.25, 0.3) is 0 Å². The van der Waals surface area contributed by atoms with Gasteiger partial charge in [-0.1, -0.05) is 0 Å². The van der Waals surface area contributed by atoms with E-state index in [9.17, 15) is 4.79 Å². The minimum Gasteiger partial charge on any atom is -0.475 e. The number of carbonyl (C=O) groups is 1. The van der Waals surface area contributed by atoms with Crippen LogP contribution >= 0.6 is 0 Å². The molecule has 2 rings (SSSR count). The molecule has 8 heteroatoms. The quantitative estimate of drug-likeness (QED) is 0.466. The van der Waals surface area contributed by atoms with Crippen molar-refractivity contribution in [2.75, 3.05) is 13.7 Å². The van der Waals surface area contributed by atoms with Crippen molar-refractivity contribution < 1.29 is 14.3 Å². The number of nitrogen functional groups attached to an aromatic ring is 1. The summed E-state index contributed by atoms with van der Waals surface area (Å²) >= 11 is 0. The Balaban J connectivity index is 2.05. The number of nitrogens with two attached hydrogens (primary N) is 1. The molecule has 0 aliphatic heterocycles. The smallest absolute Gasteiger partial charge is 0.314 e. The lowest BCUT2D eigenvalue weighted by Gasteiger charge is -2.21. The van der Waals surface area contributed by atoms with Crippen molar-refractivity contribution in [1.29, 1.82) is 5.41 Å². The Labute approximate surface area is 139 Å². The minimum absolute atomic E-state index is 0.0930. The first-order chi connectivity index (χ1) is 11.3. The van der Waals surface area contributed by atoms with Gasteiger partial charge in [-0.25, -0.2) is 9.97 Å². The lowest BCUT2D eigenvalue weighted by Crippen LogP contribution is -2.32. The Bertz CT molecular complexity index is 726. The zero-order chi connectivity index (χ0) is 17.7. The highest BCUT2D eigenvalue weighted by Gasteiger charge is 2.29. The van der Waals surface area contributed by atoms with E-state index in [1.165, 1.54) is 13.3 Å². The fraction of sp³-hybridized carbons (Fsp3) is 0.312. The van der Waals surface area contributed by atoms with Crippen molar-refractivity contribution >= 4 is 11.8 Å². The van der Waals surface area contributed by atoms with Crippen molar-refractivity contribution in [3.05, 3.63) is 36.4 Å². The van der Waals surface area contributed by atoms with Gasteiger partial charge in [-0.05, 0) is 26.0 Å². The molecular formula is C16H19N5O3. The van der Waals surface area contributed by atoms with E-state index in [4.69, 9.17) is 20.6 Å². The number of ether oxygens (including phenoxy) is 2. The highest BCUT2D eigenvalue weighted by atomic mass is 16.5. The number of nitrogens with one attached hydrogen (secondary N) is 1. The van der Waals surface area contributed by atoms with Gasteiger partial charge in [-0.3, -0.25) is 15.2 Å². The number of aromatic nitrogens is 3. The van der Waals surface area contributed by atoms with E-state index >= 15 is 0 Å². The molecule has 0 bridgehead atoms. The summed E-state index contributed by atoms with van der Waals surface area (Å²) in [7, 11) is 1.34. The van der Waals surface area contributed by atoms with Crippen LogP contribution in [0.1, 0.15) is 19.5 Å². The number of carbonyl (C=O) groups excluding carboxylic acids is 1. The zero-order valence-electron chi connectivity index (χ0n) is 13.7. The van der Waals surface area contributed by atoms with Crippen LogP contribution in [0.4, 0.5) is 0 Å². The lowest BCUT2D eigenvalue weighted by atomic mass is 9.95. The molecule has 0 amide bonds. The van der Waals surface area contributed by atoms with Crippen LogP contribution in [-0.2, 0) is 9.53 Å². The van der Waals surface area contributed by atoms with Gasteiger partial charge in [0.2, 0.25) is 5.88 Å². The summed E-state index contributed by atoms with van der Waals surface area (Å²) in [6, 6.07) is 3.40. The van der Waals surface area contributed by atoms with Gasteiger partial charge in [0.05, 0.1) is 30.6 Å². The van der Waals surface area contributed by atoms with Gasteiger partial charge < -0.3 is 15.2 Å². The SMILES string of the molecule is COC(=O)C(C)(C)COc1cnc(-c2ccc(C(=N)N)nc2)cn1. The normalized spacial score (nSPS) is 11.0. The van der Waals surface area contributed by atoms with Gasteiger partial charge in [0, 0.05) is 11.8 Å². The molecule has 126 valence electrons. The molecule has 2 aromatic heterocycles. The molecular weight excluding hydrogens is 310 g/mol. The third kappa shape index (κ3) is 4.03. The molecule has 2 heterocycles. The molecule has 0 radical (unpaired) electrons. The average Bonchev–Trinajstić information content (AvgIpc) is 2.59. The average molecular weight is 329 g/mol. The van der Waals surface area contributed by atoms with E-state index in [-0.39, 0.29) is 18.4 Å². The van der Waals surface area contributed by atoms with Crippen LogP contribution in [0.5, 0.6) is 5.88 Å². The van der Waals surface area contributed by atoms with Crippen LogP contribution < -0.4 is 10.5 Å². The predicted octanol–water partition coefficient (Wildman–Crippen LogP) is 1.40. The first kappa shape index (κ1) is 17.3. The Morgan fingerprint density at radius 1 is 1.21 bits per heavy atom. The van der Waals surface area contributed by atoms with Gasteiger partial charge >= 0.3 is 5.97 Å². The molecule has 0 atom stereocenters. The van der Waals surface area contributed by atoms with Crippen molar-refractivity contribution in [2.45, 2.75) is 13.8 Å². The fourth-order valence-corrected chi connectivity index (χ4v) is 1.83. The maximum absolute atomic E-state index is 11.6. The van der Waals surface area contributed by atoms with Gasteiger partial charge in [0.15, 0.2) is 0 Å². The molecule has 0 aliphatic rings. The van der Waals surface area contributed by atoms with Crippen LogP contribution in [0.15, 0.2) is 30.7 Å². The first-order valence-corrected chi connectivity index (χ1v) is 7.17. The van der Waals surface area contributed by atoms with Crippen LogP contribution in [0.3, 0.4) is 0 Å². The number of pyridine rings is 1. The third-order valence-electron chi connectivity index (χ3n) is 3.28. The molecule has 0 spiro atoms. The molecule has 0 saturated carbocycles. The second kappa shape index (κ2) is 7.03. The Hall–Kier alpha value is -3.03. The largest absolute Gasteiger partial charge is 0.475 e. The molecule has 0 aromatic carbocycles. The molecule has 2 aromatic rings. The molecule has 24 heavy (non-hydrogen) atoms. The van der Waals surface area contributed by atoms with E-state index < -0.39 is 5.41 Å². The summed E-state index contributed by atoms with van der Waals surface area (Å²) < 4.78 is 10.2. The molecule has 0 saturated heterocycles. The molecule has 0 fully saturated rings. The number of methoxy groups -OCH3 is 1. The molecule has 0 unspecified atom stereocenters. The van der Waals surface area contributed by atoms with E-state index in [1.54, 1.807) is 38.4 Å². The monoisotopic (exact) mass is 329 g/mol. The zero-order valence-corrected chi connectivity index (χ0v) is 13.7. The van der Waals surface area contributed by atoms with E-state index in [2.05, 4.69) is 15.0 Å². The summed E-state index contributed by atoms with van der Waals surface area (Å²) in [5, 5.41) is 7.32. The van der Waals surface area contributed by atoms with Crippen LogP contribution in [0.25, 0.3) is 11.3 Å². The highest BCUT2D eigenvalue weighted by Crippen LogP contribution is 2.20. The standard InChI is InChI=1S/C16H19N5O3/c1-16(2,15(22)23-3)9-24-13-8-20-12(7-21-13)10-4-5-11(14(17)18)19-6-10/h4-8H,9H2,1-3H3,(H3,17,18).